The van der Waals surface area contributed by atoms with Crippen LogP contribution in [0, 0.1) is 0 Å². The lowest BCUT2D eigenvalue weighted by atomic mass is 9.94. The van der Waals surface area contributed by atoms with Crippen molar-refractivity contribution in [1.29, 1.82) is 0 Å². The topological polar surface area (TPSA) is 59.3 Å². The van der Waals surface area contributed by atoms with Gasteiger partial charge in [-0.05, 0) is 47.0 Å². The van der Waals surface area contributed by atoms with Crippen LogP contribution in [0.1, 0.15) is 30.2 Å². The molecule has 1 aromatic heterocycles. The Kier molecular flexibility index (Phi) is 3.70. The second-order valence-corrected chi connectivity index (χ2v) is 7.33. The Labute approximate surface area is 126 Å². The largest absolute Gasteiger partial charge is 0.469 e. The number of halogens is 1. The van der Waals surface area contributed by atoms with Crippen molar-refractivity contribution in [2.75, 3.05) is 0 Å². The summed E-state index contributed by atoms with van der Waals surface area (Å²) in [5, 5.41) is 0. The highest BCUT2D eigenvalue weighted by molar-refractivity contribution is 9.10. The van der Waals surface area contributed by atoms with Crippen LogP contribution >= 0.6 is 15.9 Å². The molecule has 1 aliphatic carbocycles. The zero-order chi connectivity index (χ0) is 14.2. The van der Waals surface area contributed by atoms with Gasteiger partial charge in [-0.15, -0.1) is 0 Å². The predicted molar refractivity (Wildman–Crippen MR) is 78.9 cm³/mol. The zero-order valence-electron chi connectivity index (χ0n) is 10.7. The van der Waals surface area contributed by atoms with Crippen LogP contribution in [-0.4, -0.2) is 8.42 Å². The minimum Gasteiger partial charge on any atom is -0.469 e. The summed E-state index contributed by atoms with van der Waals surface area (Å²) in [5.41, 5.74) is 0.951. The highest BCUT2D eigenvalue weighted by atomic mass is 79.9. The molecule has 106 valence electrons. The van der Waals surface area contributed by atoms with Gasteiger partial charge in [0, 0.05) is 16.5 Å². The fourth-order valence-corrected chi connectivity index (χ4v) is 4.78. The number of furan rings is 1. The summed E-state index contributed by atoms with van der Waals surface area (Å²) >= 11 is 3.28. The maximum atomic E-state index is 12.5. The van der Waals surface area contributed by atoms with Crippen molar-refractivity contribution in [3.05, 3.63) is 52.4 Å². The van der Waals surface area contributed by atoms with E-state index in [1.165, 1.54) is 0 Å². The Hall–Kier alpha value is -1.11. The molecule has 1 atom stereocenters. The highest BCUT2D eigenvalue weighted by Gasteiger charge is 2.28. The van der Waals surface area contributed by atoms with E-state index < -0.39 is 10.0 Å². The van der Waals surface area contributed by atoms with Crippen LogP contribution in [0.3, 0.4) is 0 Å². The first-order chi connectivity index (χ1) is 9.58. The molecule has 0 radical (unpaired) electrons. The lowest BCUT2D eigenvalue weighted by Crippen LogP contribution is -2.30. The minimum atomic E-state index is -3.55. The molecular weight excluding hydrogens is 342 g/mol. The molecule has 0 aliphatic heterocycles. The Morgan fingerprint density at radius 3 is 2.85 bits per heavy atom. The van der Waals surface area contributed by atoms with Gasteiger partial charge >= 0.3 is 0 Å². The summed E-state index contributed by atoms with van der Waals surface area (Å²) in [6.07, 6.45) is 4.20. The van der Waals surface area contributed by atoms with Crippen LogP contribution in [0.5, 0.6) is 0 Å². The summed E-state index contributed by atoms with van der Waals surface area (Å²) < 4.78 is 33.7. The summed E-state index contributed by atoms with van der Waals surface area (Å²) in [6.45, 7) is 0. The standard InChI is InChI=1S/C14H14BrNO3S/c15-11-4-1-2-7-14(11)20(17,18)16-12-5-3-6-13-10(12)8-9-19-13/h1-2,4,7-9,12,16H,3,5-6H2. The van der Waals surface area contributed by atoms with Gasteiger partial charge in [0.25, 0.3) is 0 Å². The number of sulfonamides is 1. The normalized spacial score (nSPS) is 18.8. The van der Waals surface area contributed by atoms with Crippen molar-refractivity contribution in [3.63, 3.8) is 0 Å². The van der Waals surface area contributed by atoms with Crippen molar-refractivity contribution in [2.45, 2.75) is 30.2 Å². The van der Waals surface area contributed by atoms with E-state index >= 15 is 0 Å². The molecule has 0 bridgehead atoms. The Bertz CT molecular complexity index is 724. The third kappa shape index (κ3) is 2.55. The van der Waals surface area contributed by atoms with Gasteiger partial charge in [-0.2, -0.15) is 0 Å². The molecule has 0 saturated heterocycles. The smallest absolute Gasteiger partial charge is 0.242 e. The fraction of sp³-hybridized carbons (Fsp3) is 0.286. The van der Waals surface area contributed by atoms with E-state index in [0.29, 0.717) is 4.47 Å². The molecule has 1 unspecified atom stereocenters. The predicted octanol–water partition coefficient (Wildman–Crippen LogP) is 3.40. The van der Waals surface area contributed by atoms with E-state index in [1.807, 2.05) is 6.07 Å². The maximum absolute atomic E-state index is 12.5. The van der Waals surface area contributed by atoms with E-state index in [1.54, 1.807) is 30.5 Å². The number of nitrogens with one attached hydrogen (secondary N) is 1. The molecule has 0 amide bonds. The Balaban J connectivity index is 1.91. The van der Waals surface area contributed by atoms with E-state index in [9.17, 15) is 8.42 Å². The van der Waals surface area contributed by atoms with Gasteiger partial charge < -0.3 is 4.42 Å². The molecular formula is C14H14BrNO3S. The first-order valence-corrected chi connectivity index (χ1v) is 8.69. The minimum absolute atomic E-state index is 0.213. The fourth-order valence-electron chi connectivity index (χ4n) is 2.52. The van der Waals surface area contributed by atoms with Crippen molar-refractivity contribution < 1.29 is 12.8 Å². The number of fused-ring (bicyclic) bond motifs is 1. The average molecular weight is 356 g/mol. The molecule has 6 heteroatoms. The lowest BCUT2D eigenvalue weighted by Gasteiger charge is -2.22. The molecule has 1 N–H and O–H groups in total. The number of hydrogen-bond donors (Lipinski definition) is 1. The maximum Gasteiger partial charge on any atom is 0.242 e. The van der Waals surface area contributed by atoms with E-state index in [2.05, 4.69) is 20.7 Å². The van der Waals surface area contributed by atoms with Gasteiger partial charge in [0.1, 0.15) is 5.76 Å². The van der Waals surface area contributed by atoms with Crippen LogP contribution in [0.2, 0.25) is 0 Å². The van der Waals surface area contributed by atoms with E-state index in [0.717, 1.165) is 30.6 Å². The van der Waals surface area contributed by atoms with Crippen LogP contribution in [-0.2, 0) is 16.4 Å². The Morgan fingerprint density at radius 1 is 1.25 bits per heavy atom. The van der Waals surface area contributed by atoms with Gasteiger partial charge in [0.2, 0.25) is 10.0 Å². The van der Waals surface area contributed by atoms with Crippen molar-refractivity contribution in [1.82, 2.24) is 4.72 Å². The second kappa shape index (κ2) is 5.35. The first-order valence-electron chi connectivity index (χ1n) is 6.41. The third-order valence-electron chi connectivity index (χ3n) is 3.48. The van der Waals surface area contributed by atoms with Crippen LogP contribution in [0.4, 0.5) is 0 Å². The van der Waals surface area contributed by atoms with E-state index in [-0.39, 0.29) is 10.9 Å². The molecule has 0 saturated carbocycles. The van der Waals surface area contributed by atoms with E-state index in [4.69, 9.17) is 4.42 Å². The van der Waals surface area contributed by atoms with Crippen molar-refractivity contribution >= 4 is 26.0 Å². The zero-order valence-corrected chi connectivity index (χ0v) is 13.1. The number of rotatable bonds is 3. The van der Waals surface area contributed by atoms with Crippen LogP contribution < -0.4 is 4.72 Å². The monoisotopic (exact) mass is 355 g/mol. The number of benzene rings is 1. The van der Waals surface area contributed by atoms with Crippen LogP contribution in [0.25, 0.3) is 0 Å². The Morgan fingerprint density at radius 2 is 2.05 bits per heavy atom. The first kappa shape index (κ1) is 13.9. The SMILES string of the molecule is O=S(=O)(NC1CCCc2occc21)c1ccccc1Br. The van der Waals surface area contributed by atoms with Crippen molar-refractivity contribution in [2.24, 2.45) is 0 Å². The highest BCUT2D eigenvalue weighted by Crippen LogP contribution is 2.32. The molecule has 1 aliphatic rings. The molecule has 2 aromatic rings. The third-order valence-corrected chi connectivity index (χ3v) is 5.96. The summed E-state index contributed by atoms with van der Waals surface area (Å²) in [6, 6.07) is 8.45. The molecule has 20 heavy (non-hydrogen) atoms. The summed E-state index contributed by atoms with van der Waals surface area (Å²) in [4.78, 5) is 0.260. The number of aryl methyl sites for hydroxylation is 1. The van der Waals surface area contributed by atoms with Crippen LogP contribution in [0.15, 0.2) is 50.4 Å². The number of hydrogen-bond acceptors (Lipinski definition) is 3. The summed E-state index contributed by atoms with van der Waals surface area (Å²) in [7, 11) is -3.55. The molecule has 0 spiro atoms. The molecule has 4 nitrogen and oxygen atoms in total. The van der Waals surface area contributed by atoms with Gasteiger partial charge in [-0.3, -0.25) is 0 Å². The van der Waals surface area contributed by atoms with Gasteiger partial charge in [0.15, 0.2) is 0 Å². The van der Waals surface area contributed by atoms with Gasteiger partial charge in [-0.1, -0.05) is 12.1 Å². The molecule has 3 rings (SSSR count). The summed E-state index contributed by atoms with van der Waals surface area (Å²) in [5.74, 6) is 0.885. The quantitative estimate of drug-likeness (QED) is 0.917. The molecule has 1 aromatic carbocycles. The second-order valence-electron chi connectivity index (χ2n) is 4.80. The van der Waals surface area contributed by atoms with Gasteiger partial charge in [-0.25, -0.2) is 13.1 Å². The molecule has 1 heterocycles. The van der Waals surface area contributed by atoms with Crippen molar-refractivity contribution in [3.8, 4) is 0 Å². The molecule has 0 fully saturated rings. The lowest BCUT2D eigenvalue weighted by molar-refractivity contribution is 0.438. The van der Waals surface area contributed by atoms with Gasteiger partial charge in [0.05, 0.1) is 17.2 Å². The average Bonchev–Trinajstić information content (AvgIpc) is 2.88.